The van der Waals surface area contributed by atoms with Crippen LogP contribution in [0.15, 0.2) is 29.3 Å². The Balaban J connectivity index is 1.83. The zero-order chi connectivity index (χ0) is 20.9. The van der Waals surface area contributed by atoms with E-state index < -0.39 is 0 Å². The molecule has 2 rings (SSSR count). The van der Waals surface area contributed by atoms with Gasteiger partial charge in [-0.2, -0.15) is 0 Å². The maximum atomic E-state index is 11.9. The summed E-state index contributed by atoms with van der Waals surface area (Å²) in [6, 6.07) is 7.70. The fourth-order valence-corrected chi connectivity index (χ4v) is 2.55. The van der Waals surface area contributed by atoms with Crippen molar-refractivity contribution in [2.75, 3.05) is 38.2 Å². The van der Waals surface area contributed by atoms with Crippen LogP contribution in [-0.2, 0) is 9.53 Å². The summed E-state index contributed by atoms with van der Waals surface area (Å²) < 4.78 is 11.3. The van der Waals surface area contributed by atoms with Gasteiger partial charge in [-0.05, 0) is 69.7 Å². The SMILES string of the molecule is CCCNC(=O)CN=C(NCCCOCC1CC1)Nc1ccc(OC(C)C)cc1. The van der Waals surface area contributed by atoms with Crippen molar-refractivity contribution in [3.05, 3.63) is 24.3 Å². The minimum Gasteiger partial charge on any atom is -0.491 e. The third kappa shape index (κ3) is 10.7. The fourth-order valence-electron chi connectivity index (χ4n) is 2.55. The number of ether oxygens (including phenoxy) is 2. The molecule has 1 amide bonds. The maximum Gasteiger partial charge on any atom is 0.241 e. The molecule has 1 saturated carbocycles. The first-order valence-electron chi connectivity index (χ1n) is 10.7. The summed E-state index contributed by atoms with van der Waals surface area (Å²) in [5, 5.41) is 9.37. The second kappa shape index (κ2) is 13.0. The second-order valence-corrected chi connectivity index (χ2v) is 7.63. The van der Waals surface area contributed by atoms with Gasteiger partial charge >= 0.3 is 0 Å². The Morgan fingerprint density at radius 3 is 2.59 bits per heavy atom. The van der Waals surface area contributed by atoms with Crippen molar-refractivity contribution < 1.29 is 14.3 Å². The van der Waals surface area contributed by atoms with Gasteiger partial charge in [-0.15, -0.1) is 0 Å². The summed E-state index contributed by atoms with van der Waals surface area (Å²) in [5.41, 5.74) is 0.881. The van der Waals surface area contributed by atoms with Gasteiger partial charge in [0.15, 0.2) is 5.96 Å². The Morgan fingerprint density at radius 1 is 1.17 bits per heavy atom. The number of hydrogen-bond acceptors (Lipinski definition) is 4. The van der Waals surface area contributed by atoms with E-state index in [2.05, 4.69) is 20.9 Å². The predicted octanol–water partition coefficient (Wildman–Crippen LogP) is 3.17. The number of hydrogen-bond donors (Lipinski definition) is 3. The highest BCUT2D eigenvalue weighted by molar-refractivity contribution is 5.95. The van der Waals surface area contributed by atoms with Crippen LogP contribution in [0.2, 0.25) is 0 Å². The van der Waals surface area contributed by atoms with Gasteiger partial charge in [0.25, 0.3) is 0 Å². The second-order valence-electron chi connectivity index (χ2n) is 7.63. The molecule has 3 N–H and O–H groups in total. The summed E-state index contributed by atoms with van der Waals surface area (Å²) in [5.74, 6) is 2.10. The largest absolute Gasteiger partial charge is 0.491 e. The monoisotopic (exact) mass is 404 g/mol. The lowest BCUT2D eigenvalue weighted by Crippen LogP contribution is -2.34. The van der Waals surface area contributed by atoms with Crippen molar-refractivity contribution in [3.8, 4) is 5.75 Å². The first-order chi connectivity index (χ1) is 14.1. The van der Waals surface area contributed by atoms with Crippen molar-refractivity contribution in [1.82, 2.24) is 10.6 Å². The number of benzene rings is 1. The molecule has 1 aromatic carbocycles. The minimum absolute atomic E-state index is 0.0820. The van der Waals surface area contributed by atoms with Crippen LogP contribution in [0, 0.1) is 5.92 Å². The van der Waals surface area contributed by atoms with Gasteiger partial charge in [0, 0.05) is 32.0 Å². The Labute approximate surface area is 174 Å². The van der Waals surface area contributed by atoms with Gasteiger partial charge in [0.2, 0.25) is 5.91 Å². The number of carbonyl (C=O) groups excluding carboxylic acids is 1. The van der Waals surface area contributed by atoms with Crippen molar-refractivity contribution in [2.45, 2.75) is 52.6 Å². The Bertz CT molecular complexity index is 627. The van der Waals surface area contributed by atoms with E-state index in [0.717, 1.165) is 50.0 Å². The van der Waals surface area contributed by atoms with E-state index in [1.54, 1.807) is 0 Å². The molecule has 0 saturated heterocycles. The number of aliphatic imine (C=N–C) groups is 1. The highest BCUT2D eigenvalue weighted by Crippen LogP contribution is 2.28. The summed E-state index contributed by atoms with van der Waals surface area (Å²) >= 11 is 0. The molecule has 162 valence electrons. The lowest BCUT2D eigenvalue weighted by molar-refractivity contribution is -0.119. The first kappa shape index (κ1) is 23.0. The zero-order valence-electron chi connectivity index (χ0n) is 18.0. The average Bonchev–Trinajstić information content (AvgIpc) is 3.52. The van der Waals surface area contributed by atoms with Gasteiger partial charge < -0.3 is 25.4 Å². The molecule has 1 aromatic rings. The smallest absolute Gasteiger partial charge is 0.241 e. The molecular formula is C22H36N4O3. The number of rotatable bonds is 13. The van der Waals surface area contributed by atoms with Gasteiger partial charge in [-0.25, -0.2) is 4.99 Å². The third-order valence-corrected chi connectivity index (χ3v) is 4.25. The van der Waals surface area contributed by atoms with E-state index in [1.807, 2.05) is 45.0 Å². The molecule has 7 heteroatoms. The summed E-state index contributed by atoms with van der Waals surface area (Å²) in [6.07, 6.45) is 4.54. The standard InChI is InChI=1S/C22H36N4O3/c1-4-12-23-21(27)15-25-22(24-13-5-14-28-16-18-6-7-18)26-19-8-10-20(11-9-19)29-17(2)3/h8-11,17-18H,4-7,12-16H2,1-3H3,(H,23,27)(H2,24,25,26). The number of anilines is 1. The molecule has 1 aliphatic carbocycles. The Morgan fingerprint density at radius 2 is 1.93 bits per heavy atom. The lowest BCUT2D eigenvalue weighted by atomic mass is 10.3. The van der Waals surface area contributed by atoms with Crippen LogP contribution >= 0.6 is 0 Å². The molecule has 0 heterocycles. The van der Waals surface area contributed by atoms with E-state index in [0.29, 0.717) is 12.5 Å². The van der Waals surface area contributed by atoms with Crippen LogP contribution in [0.1, 0.15) is 46.5 Å². The van der Waals surface area contributed by atoms with Gasteiger partial charge in [0.1, 0.15) is 12.3 Å². The van der Waals surface area contributed by atoms with Gasteiger partial charge in [-0.3, -0.25) is 4.79 Å². The molecule has 0 atom stereocenters. The van der Waals surface area contributed by atoms with Crippen LogP contribution in [-0.4, -0.2) is 50.8 Å². The molecule has 0 bridgehead atoms. The highest BCUT2D eigenvalue weighted by Gasteiger charge is 2.20. The zero-order valence-corrected chi connectivity index (χ0v) is 18.0. The predicted molar refractivity (Wildman–Crippen MR) is 118 cm³/mol. The minimum atomic E-state index is -0.0820. The third-order valence-electron chi connectivity index (χ3n) is 4.25. The van der Waals surface area contributed by atoms with Gasteiger partial charge in [0.05, 0.1) is 6.10 Å². The number of nitrogens with zero attached hydrogens (tertiary/aromatic N) is 1. The normalized spacial score (nSPS) is 14.0. The Hall–Kier alpha value is -2.28. The van der Waals surface area contributed by atoms with Crippen molar-refractivity contribution in [1.29, 1.82) is 0 Å². The highest BCUT2D eigenvalue weighted by atomic mass is 16.5. The number of carbonyl (C=O) groups is 1. The van der Waals surface area contributed by atoms with Crippen molar-refractivity contribution in [3.63, 3.8) is 0 Å². The number of guanidine groups is 1. The van der Waals surface area contributed by atoms with E-state index >= 15 is 0 Å². The summed E-state index contributed by atoms with van der Waals surface area (Å²) in [7, 11) is 0. The van der Waals surface area contributed by atoms with Crippen LogP contribution in [0.3, 0.4) is 0 Å². The molecular weight excluding hydrogens is 368 g/mol. The van der Waals surface area contributed by atoms with Crippen molar-refractivity contribution in [2.24, 2.45) is 10.9 Å². The Kier molecular flexibility index (Phi) is 10.3. The van der Waals surface area contributed by atoms with Crippen LogP contribution in [0.5, 0.6) is 5.75 Å². The van der Waals surface area contributed by atoms with Gasteiger partial charge in [-0.1, -0.05) is 6.92 Å². The molecule has 29 heavy (non-hydrogen) atoms. The first-order valence-corrected chi connectivity index (χ1v) is 10.7. The molecule has 0 aromatic heterocycles. The topological polar surface area (TPSA) is 84.0 Å². The van der Waals surface area contributed by atoms with Crippen molar-refractivity contribution >= 4 is 17.6 Å². The number of nitrogens with one attached hydrogen (secondary N) is 3. The van der Waals surface area contributed by atoms with Crippen LogP contribution in [0.25, 0.3) is 0 Å². The molecule has 0 unspecified atom stereocenters. The lowest BCUT2D eigenvalue weighted by Gasteiger charge is -2.14. The molecule has 0 spiro atoms. The molecule has 0 radical (unpaired) electrons. The van der Waals surface area contributed by atoms with E-state index in [4.69, 9.17) is 9.47 Å². The van der Waals surface area contributed by atoms with E-state index in [9.17, 15) is 4.79 Å². The molecule has 1 aliphatic rings. The van der Waals surface area contributed by atoms with Crippen LogP contribution < -0.4 is 20.7 Å². The molecule has 1 fully saturated rings. The van der Waals surface area contributed by atoms with Crippen LogP contribution in [0.4, 0.5) is 5.69 Å². The molecule has 7 nitrogen and oxygen atoms in total. The summed E-state index contributed by atoms with van der Waals surface area (Å²) in [4.78, 5) is 16.3. The average molecular weight is 405 g/mol. The maximum absolute atomic E-state index is 11.9. The quantitative estimate of drug-likeness (QED) is 0.267. The van der Waals surface area contributed by atoms with E-state index in [1.165, 1.54) is 12.8 Å². The summed E-state index contributed by atoms with van der Waals surface area (Å²) in [6.45, 7) is 9.11. The number of amides is 1. The fraction of sp³-hybridized carbons (Fsp3) is 0.636. The van der Waals surface area contributed by atoms with E-state index in [-0.39, 0.29) is 18.6 Å². The molecule has 0 aliphatic heterocycles.